The van der Waals surface area contributed by atoms with Crippen LogP contribution in [0.15, 0.2) is 18.2 Å². The molecule has 3 nitrogen and oxygen atoms in total. The summed E-state index contributed by atoms with van der Waals surface area (Å²) in [4.78, 5) is 2.37. The van der Waals surface area contributed by atoms with E-state index in [1.54, 1.807) is 0 Å². The Morgan fingerprint density at radius 1 is 1.31 bits per heavy atom. The monoisotopic (exact) mass is 220 g/mol. The van der Waals surface area contributed by atoms with Crippen LogP contribution in [-0.4, -0.2) is 25.3 Å². The largest absolute Gasteiger partial charge is 0.399 e. The van der Waals surface area contributed by atoms with E-state index in [9.17, 15) is 0 Å². The van der Waals surface area contributed by atoms with Gasteiger partial charge in [0.2, 0.25) is 0 Å². The van der Waals surface area contributed by atoms with Crippen molar-refractivity contribution in [3.8, 4) is 0 Å². The molecule has 88 valence electrons. The fourth-order valence-corrected chi connectivity index (χ4v) is 2.22. The summed E-state index contributed by atoms with van der Waals surface area (Å²) in [7, 11) is 0. The van der Waals surface area contributed by atoms with E-state index in [1.807, 2.05) is 12.1 Å². The van der Waals surface area contributed by atoms with Gasteiger partial charge in [-0.3, -0.25) is 0 Å². The topological polar surface area (TPSA) is 38.5 Å². The molecule has 2 rings (SSSR count). The van der Waals surface area contributed by atoms with Crippen molar-refractivity contribution in [2.75, 3.05) is 23.8 Å². The summed E-state index contributed by atoms with van der Waals surface area (Å²) in [6.07, 6.45) is 0.290. The van der Waals surface area contributed by atoms with Gasteiger partial charge in [0.25, 0.3) is 0 Å². The van der Waals surface area contributed by atoms with Crippen molar-refractivity contribution in [3.05, 3.63) is 23.8 Å². The van der Waals surface area contributed by atoms with Gasteiger partial charge in [-0.15, -0.1) is 0 Å². The van der Waals surface area contributed by atoms with Crippen LogP contribution >= 0.6 is 0 Å². The zero-order valence-corrected chi connectivity index (χ0v) is 10.2. The highest BCUT2D eigenvalue weighted by molar-refractivity contribution is 5.59. The van der Waals surface area contributed by atoms with Gasteiger partial charge in [-0.2, -0.15) is 0 Å². The zero-order valence-electron chi connectivity index (χ0n) is 10.2. The van der Waals surface area contributed by atoms with Gasteiger partial charge in [0.05, 0.1) is 12.7 Å². The van der Waals surface area contributed by atoms with Crippen molar-refractivity contribution in [3.63, 3.8) is 0 Å². The van der Waals surface area contributed by atoms with Gasteiger partial charge in [-0.1, -0.05) is 0 Å². The lowest BCUT2D eigenvalue weighted by Gasteiger charge is -2.38. The molecule has 0 aromatic heterocycles. The molecule has 2 atom stereocenters. The predicted octanol–water partition coefficient (Wildman–Crippen LogP) is 2.19. The fraction of sp³-hybridized carbons (Fsp3) is 0.538. The minimum Gasteiger partial charge on any atom is -0.399 e. The van der Waals surface area contributed by atoms with E-state index in [0.717, 1.165) is 18.8 Å². The minimum absolute atomic E-state index is 0.290. The number of hydrogen-bond donors (Lipinski definition) is 1. The van der Waals surface area contributed by atoms with Gasteiger partial charge in [0, 0.05) is 24.0 Å². The summed E-state index contributed by atoms with van der Waals surface area (Å²) in [6.45, 7) is 8.09. The molecule has 0 amide bonds. The van der Waals surface area contributed by atoms with Gasteiger partial charge in [-0.25, -0.2) is 0 Å². The Labute approximate surface area is 97.2 Å². The standard InChI is InChI=1S/C13H20N2O/c1-9-4-12(14)6-13(5-9)15-7-11(3)16-8-10(15)2/h4-6,10-11H,7-8,14H2,1-3H3. The quantitative estimate of drug-likeness (QED) is 0.737. The Balaban J connectivity index is 2.27. The number of nitrogens with two attached hydrogens (primary N) is 1. The van der Waals surface area contributed by atoms with E-state index in [-0.39, 0.29) is 6.10 Å². The first-order chi connectivity index (χ1) is 7.56. The van der Waals surface area contributed by atoms with Crippen LogP contribution in [0.1, 0.15) is 19.4 Å². The van der Waals surface area contributed by atoms with Crippen LogP contribution in [0.5, 0.6) is 0 Å². The van der Waals surface area contributed by atoms with Crippen molar-refractivity contribution in [2.45, 2.75) is 32.9 Å². The van der Waals surface area contributed by atoms with E-state index in [0.29, 0.717) is 6.04 Å². The van der Waals surface area contributed by atoms with Crippen molar-refractivity contribution in [2.24, 2.45) is 0 Å². The van der Waals surface area contributed by atoms with E-state index < -0.39 is 0 Å². The number of benzene rings is 1. The van der Waals surface area contributed by atoms with Gasteiger partial charge in [-0.05, 0) is 44.5 Å². The van der Waals surface area contributed by atoms with E-state index in [2.05, 4.69) is 31.7 Å². The molecule has 0 bridgehead atoms. The van der Waals surface area contributed by atoms with Gasteiger partial charge in [0.1, 0.15) is 0 Å². The molecule has 1 aliphatic rings. The highest BCUT2D eigenvalue weighted by Crippen LogP contribution is 2.25. The van der Waals surface area contributed by atoms with Crippen molar-refractivity contribution < 1.29 is 4.74 Å². The molecule has 2 unspecified atom stereocenters. The van der Waals surface area contributed by atoms with Crippen molar-refractivity contribution in [1.29, 1.82) is 0 Å². The number of hydrogen-bond acceptors (Lipinski definition) is 3. The number of anilines is 2. The molecule has 2 N–H and O–H groups in total. The minimum atomic E-state index is 0.290. The molecule has 1 fully saturated rings. The molecule has 16 heavy (non-hydrogen) atoms. The zero-order chi connectivity index (χ0) is 11.7. The summed E-state index contributed by atoms with van der Waals surface area (Å²) in [5, 5.41) is 0. The Kier molecular flexibility index (Phi) is 3.06. The smallest absolute Gasteiger partial charge is 0.0723 e. The van der Waals surface area contributed by atoms with Gasteiger partial charge >= 0.3 is 0 Å². The second kappa shape index (κ2) is 4.34. The van der Waals surface area contributed by atoms with Crippen molar-refractivity contribution >= 4 is 11.4 Å². The third-order valence-corrected chi connectivity index (χ3v) is 3.02. The predicted molar refractivity (Wildman–Crippen MR) is 67.8 cm³/mol. The van der Waals surface area contributed by atoms with Crippen LogP contribution in [-0.2, 0) is 4.74 Å². The Morgan fingerprint density at radius 2 is 2.06 bits per heavy atom. The number of nitrogens with zero attached hydrogens (tertiary/aromatic N) is 1. The number of rotatable bonds is 1. The lowest BCUT2D eigenvalue weighted by atomic mass is 10.1. The maximum atomic E-state index is 5.89. The molecule has 1 saturated heterocycles. The highest BCUT2D eigenvalue weighted by atomic mass is 16.5. The van der Waals surface area contributed by atoms with Crippen LogP contribution in [0.4, 0.5) is 11.4 Å². The molecule has 1 aromatic carbocycles. The summed E-state index contributed by atoms with van der Waals surface area (Å²) in [5.41, 5.74) is 9.14. The van der Waals surface area contributed by atoms with Crippen LogP contribution < -0.4 is 10.6 Å². The third kappa shape index (κ3) is 2.30. The molecule has 1 aromatic rings. The van der Waals surface area contributed by atoms with Gasteiger partial charge in [0.15, 0.2) is 0 Å². The number of ether oxygens (including phenoxy) is 1. The van der Waals surface area contributed by atoms with E-state index in [1.165, 1.54) is 11.3 Å². The first kappa shape index (κ1) is 11.3. The second-order valence-corrected chi connectivity index (χ2v) is 4.75. The SMILES string of the molecule is Cc1cc(N)cc(N2CC(C)OCC2C)c1. The van der Waals surface area contributed by atoms with Crippen LogP contribution in [0.2, 0.25) is 0 Å². The maximum absolute atomic E-state index is 5.89. The molecule has 0 aliphatic carbocycles. The number of nitrogen functional groups attached to an aromatic ring is 1. The van der Waals surface area contributed by atoms with E-state index >= 15 is 0 Å². The van der Waals surface area contributed by atoms with Crippen LogP contribution in [0.3, 0.4) is 0 Å². The Morgan fingerprint density at radius 3 is 2.75 bits per heavy atom. The summed E-state index contributed by atoms with van der Waals surface area (Å²) < 4.78 is 5.63. The molecule has 0 radical (unpaired) electrons. The lowest BCUT2D eigenvalue weighted by molar-refractivity contribution is 0.0344. The van der Waals surface area contributed by atoms with Crippen LogP contribution in [0, 0.1) is 6.92 Å². The summed E-state index contributed by atoms with van der Waals surface area (Å²) >= 11 is 0. The Bertz CT molecular complexity index is 358. The first-order valence-corrected chi connectivity index (χ1v) is 5.81. The molecular weight excluding hydrogens is 200 g/mol. The number of morpholine rings is 1. The molecule has 3 heteroatoms. The summed E-state index contributed by atoms with van der Waals surface area (Å²) in [6, 6.07) is 6.64. The molecule has 0 spiro atoms. The normalized spacial score (nSPS) is 25.8. The van der Waals surface area contributed by atoms with Crippen LogP contribution in [0.25, 0.3) is 0 Å². The van der Waals surface area contributed by atoms with E-state index in [4.69, 9.17) is 10.5 Å². The molecule has 1 aliphatic heterocycles. The third-order valence-electron chi connectivity index (χ3n) is 3.02. The summed E-state index contributed by atoms with van der Waals surface area (Å²) in [5.74, 6) is 0. The molecule has 1 heterocycles. The molecule has 0 saturated carbocycles. The lowest BCUT2D eigenvalue weighted by Crippen LogP contribution is -2.47. The Hall–Kier alpha value is -1.22. The van der Waals surface area contributed by atoms with Gasteiger partial charge < -0.3 is 15.4 Å². The van der Waals surface area contributed by atoms with Crippen molar-refractivity contribution in [1.82, 2.24) is 0 Å². The number of aryl methyl sites for hydroxylation is 1. The maximum Gasteiger partial charge on any atom is 0.0723 e. The second-order valence-electron chi connectivity index (χ2n) is 4.75. The molecular formula is C13H20N2O. The first-order valence-electron chi connectivity index (χ1n) is 5.81. The fourth-order valence-electron chi connectivity index (χ4n) is 2.22. The highest BCUT2D eigenvalue weighted by Gasteiger charge is 2.23. The average molecular weight is 220 g/mol. The average Bonchev–Trinajstić information content (AvgIpc) is 2.20.